The van der Waals surface area contributed by atoms with Gasteiger partial charge >= 0.3 is 0 Å². The SMILES string of the molecule is COc1ccc(-c2cc(C(=O)NCCN3CCOCC3)n(-c3ccccc3)n2)c(OC)c1. The summed E-state index contributed by atoms with van der Waals surface area (Å²) >= 11 is 0. The standard InChI is InChI=1S/C24H28N4O4/c1-30-19-8-9-20(23(16-19)31-2)21-17-22(28(26-21)18-6-4-3-5-7-18)24(29)25-10-11-27-12-14-32-15-13-27/h3-9,16-17H,10-15H2,1-2H3,(H,25,29). The fourth-order valence-corrected chi connectivity index (χ4v) is 3.69. The molecule has 168 valence electrons. The van der Waals surface area contributed by atoms with Crippen molar-refractivity contribution < 1.29 is 19.0 Å². The van der Waals surface area contributed by atoms with Gasteiger partial charge in [0.15, 0.2) is 0 Å². The highest BCUT2D eigenvalue weighted by Gasteiger charge is 2.20. The van der Waals surface area contributed by atoms with Gasteiger partial charge in [0.1, 0.15) is 17.2 Å². The Morgan fingerprint density at radius 2 is 1.84 bits per heavy atom. The predicted octanol–water partition coefficient (Wildman–Crippen LogP) is 2.62. The number of nitrogens with zero attached hydrogens (tertiary/aromatic N) is 3. The Balaban J connectivity index is 1.61. The number of benzene rings is 2. The van der Waals surface area contributed by atoms with Gasteiger partial charge in [-0.3, -0.25) is 9.69 Å². The van der Waals surface area contributed by atoms with E-state index in [-0.39, 0.29) is 5.91 Å². The summed E-state index contributed by atoms with van der Waals surface area (Å²) in [6.45, 7) is 4.59. The van der Waals surface area contributed by atoms with E-state index in [0.29, 0.717) is 29.4 Å². The number of rotatable bonds is 8. The molecule has 8 heteroatoms. The van der Waals surface area contributed by atoms with Crippen molar-refractivity contribution in [2.45, 2.75) is 0 Å². The molecule has 0 bridgehead atoms. The highest BCUT2D eigenvalue weighted by Crippen LogP contribution is 2.33. The van der Waals surface area contributed by atoms with Gasteiger partial charge in [-0.25, -0.2) is 4.68 Å². The molecule has 1 aliphatic heterocycles. The number of carbonyl (C=O) groups excluding carboxylic acids is 1. The molecule has 3 aromatic rings. The third-order valence-electron chi connectivity index (χ3n) is 5.44. The highest BCUT2D eigenvalue weighted by atomic mass is 16.5. The molecular weight excluding hydrogens is 408 g/mol. The quantitative estimate of drug-likeness (QED) is 0.585. The van der Waals surface area contributed by atoms with Crippen LogP contribution in [0.3, 0.4) is 0 Å². The number of nitrogens with one attached hydrogen (secondary N) is 1. The predicted molar refractivity (Wildman–Crippen MR) is 122 cm³/mol. The zero-order valence-electron chi connectivity index (χ0n) is 18.4. The van der Waals surface area contributed by atoms with Gasteiger partial charge in [-0.05, 0) is 30.3 Å². The minimum absolute atomic E-state index is 0.173. The Kier molecular flexibility index (Phi) is 7.03. The van der Waals surface area contributed by atoms with Gasteiger partial charge in [0.05, 0.1) is 38.8 Å². The number of carbonyl (C=O) groups is 1. The minimum atomic E-state index is -0.173. The maximum absolute atomic E-state index is 13.1. The summed E-state index contributed by atoms with van der Waals surface area (Å²) in [6, 6.07) is 17.0. The fourth-order valence-electron chi connectivity index (χ4n) is 3.69. The van der Waals surface area contributed by atoms with Gasteiger partial charge in [-0.15, -0.1) is 0 Å². The summed E-state index contributed by atoms with van der Waals surface area (Å²) in [6.07, 6.45) is 0. The van der Waals surface area contributed by atoms with Crippen LogP contribution in [0.2, 0.25) is 0 Å². The number of methoxy groups -OCH3 is 2. The molecule has 1 N–H and O–H groups in total. The topological polar surface area (TPSA) is 77.9 Å². The lowest BCUT2D eigenvalue weighted by Gasteiger charge is -2.26. The number of amides is 1. The first-order chi connectivity index (χ1) is 15.7. The van der Waals surface area contributed by atoms with Crippen LogP contribution in [0, 0.1) is 0 Å². The molecule has 8 nitrogen and oxygen atoms in total. The number of para-hydroxylation sites is 1. The molecule has 2 heterocycles. The van der Waals surface area contributed by atoms with Crippen molar-refractivity contribution in [3.8, 4) is 28.4 Å². The maximum Gasteiger partial charge on any atom is 0.270 e. The lowest BCUT2D eigenvalue weighted by molar-refractivity contribution is 0.0383. The third-order valence-corrected chi connectivity index (χ3v) is 5.44. The lowest BCUT2D eigenvalue weighted by Crippen LogP contribution is -2.41. The molecular formula is C24H28N4O4. The Labute approximate surface area is 187 Å². The van der Waals surface area contributed by atoms with E-state index in [0.717, 1.165) is 44.1 Å². The second-order valence-corrected chi connectivity index (χ2v) is 7.44. The lowest BCUT2D eigenvalue weighted by atomic mass is 10.1. The monoisotopic (exact) mass is 436 g/mol. The van der Waals surface area contributed by atoms with Gasteiger partial charge < -0.3 is 19.5 Å². The van der Waals surface area contributed by atoms with Gasteiger partial charge in [0, 0.05) is 37.8 Å². The van der Waals surface area contributed by atoms with Crippen LogP contribution < -0.4 is 14.8 Å². The van der Waals surface area contributed by atoms with Crippen molar-refractivity contribution in [1.29, 1.82) is 0 Å². The molecule has 1 fully saturated rings. The molecule has 0 aliphatic carbocycles. The third kappa shape index (κ3) is 4.92. The molecule has 0 saturated carbocycles. The second-order valence-electron chi connectivity index (χ2n) is 7.44. The van der Waals surface area contributed by atoms with Crippen LogP contribution >= 0.6 is 0 Å². The number of hydrogen-bond donors (Lipinski definition) is 1. The minimum Gasteiger partial charge on any atom is -0.497 e. The number of morpholine rings is 1. The van der Waals surface area contributed by atoms with Gasteiger partial charge in [-0.2, -0.15) is 5.10 Å². The molecule has 2 aromatic carbocycles. The van der Waals surface area contributed by atoms with E-state index in [2.05, 4.69) is 10.2 Å². The Morgan fingerprint density at radius 1 is 1.06 bits per heavy atom. The smallest absolute Gasteiger partial charge is 0.270 e. The van der Waals surface area contributed by atoms with Crippen molar-refractivity contribution >= 4 is 5.91 Å². The summed E-state index contributed by atoms with van der Waals surface area (Å²) in [5.41, 5.74) is 2.70. The maximum atomic E-state index is 13.1. The van der Waals surface area contributed by atoms with E-state index < -0.39 is 0 Å². The van der Waals surface area contributed by atoms with Crippen molar-refractivity contribution in [2.24, 2.45) is 0 Å². The molecule has 0 atom stereocenters. The van der Waals surface area contributed by atoms with E-state index in [1.54, 1.807) is 31.0 Å². The average Bonchev–Trinajstić information content (AvgIpc) is 3.30. The first kappa shape index (κ1) is 21.9. The molecule has 0 radical (unpaired) electrons. The van der Waals surface area contributed by atoms with Crippen LogP contribution in [0.25, 0.3) is 16.9 Å². The largest absolute Gasteiger partial charge is 0.497 e. The number of ether oxygens (including phenoxy) is 3. The molecule has 1 saturated heterocycles. The molecule has 4 rings (SSSR count). The van der Waals surface area contributed by atoms with E-state index in [1.165, 1.54) is 0 Å². The molecule has 1 aromatic heterocycles. The molecule has 1 aliphatic rings. The molecule has 32 heavy (non-hydrogen) atoms. The number of hydrogen-bond acceptors (Lipinski definition) is 6. The van der Waals surface area contributed by atoms with Gasteiger partial charge in [0.25, 0.3) is 5.91 Å². The Bertz CT molecular complexity index is 1050. The normalized spacial score (nSPS) is 14.2. The molecule has 0 unspecified atom stereocenters. The van der Waals surface area contributed by atoms with Crippen LogP contribution in [-0.4, -0.2) is 74.2 Å². The van der Waals surface area contributed by atoms with Crippen molar-refractivity contribution in [1.82, 2.24) is 20.0 Å². The summed E-state index contributed by atoms with van der Waals surface area (Å²) in [4.78, 5) is 15.4. The summed E-state index contributed by atoms with van der Waals surface area (Å²) < 4.78 is 17.9. The highest BCUT2D eigenvalue weighted by molar-refractivity contribution is 5.94. The van der Waals surface area contributed by atoms with Crippen LogP contribution in [-0.2, 0) is 4.74 Å². The molecule has 1 amide bonds. The van der Waals surface area contributed by atoms with E-state index >= 15 is 0 Å². The molecule has 0 spiro atoms. The van der Waals surface area contributed by atoms with Crippen molar-refractivity contribution in [3.63, 3.8) is 0 Å². The zero-order chi connectivity index (χ0) is 22.3. The van der Waals surface area contributed by atoms with Crippen LogP contribution in [0.5, 0.6) is 11.5 Å². The van der Waals surface area contributed by atoms with Crippen LogP contribution in [0.4, 0.5) is 0 Å². The van der Waals surface area contributed by atoms with E-state index in [9.17, 15) is 4.79 Å². The first-order valence-electron chi connectivity index (χ1n) is 10.7. The van der Waals surface area contributed by atoms with Crippen molar-refractivity contribution in [3.05, 3.63) is 60.3 Å². The summed E-state index contributed by atoms with van der Waals surface area (Å²) in [7, 11) is 3.21. The Morgan fingerprint density at radius 3 is 2.56 bits per heavy atom. The van der Waals surface area contributed by atoms with Crippen molar-refractivity contribution in [2.75, 3.05) is 53.6 Å². The fraction of sp³-hybridized carbons (Fsp3) is 0.333. The Hall–Kier alpha value is -3.36. The zero-order valence-corrected chi connectivity index (χ0v) is 18.4. The summed E-state index contributed by atoms with van der Waals surface area (Å²) in [5, 5.41) is 7.78. The van der Waals surface area contributed by atoms with Gasteiger partial charge in [-0.1, -0.05) is 18.2 Å². The number of aromatic nitrogens is 2. The summed E-state index contributed by atoms with van der Waals surface area (Å²) in [5.74, 6) is 1.14. The second kappa shape index (κ2) is 10.3. The first-order valence-corrected chi connectivity index (χ1v) is 10.7. The van der Waals surface area contributed by atoms with Crippen LogP contribution in [0.1, 0.15) is 10.5 Å². The van der Waals surface area contributed by atoms with Gasteiger partial charge in [0.2, 0.25) is 0 Å². The van der Waals surface area contributed by atoms with E-state index in [1.807, 2.05) is 42.5 Å². The van der Waals surface area contributed by atoms with Crippen LogP contribution in [0.15, 0.2) is 54.6 Å². The van der Waals surface area contributed by atoms with E-state index in [4.69, 9.17) is 19.3 Å². The average molecular weight is 437 g/mol.